The highest BCUT2D eigenvalue weighted by Gasteiger charge is 2.24. The Morgan fingerprint density at radius 2 is 2.00 bits per heavy atom. The molecule has 0 aliphatic carbocycles. The van der Waals surface area contributed by atoms with Crippen molar-refractivity contribution in [1.82, 2.24) is 9.97 Å². The number of hydrogen-bond donors (Lipinski definition) is 2. The quantitative estimate of drug-likeness (QED) is 0.817. The molecule has 1 aromatic rings. The van der Waals surface area contributed by atoms with E-state index in [4.69, 9.17) is 5.73 Å². The number of nitrogen functional groups attached to an aromatic ring is 1. The molecule has 0 radical (unpaired) electrons. The zero-order chi connectivity index (χ0) is 12.9. The van der Waals surface area contributed by atoms with Crippen LogP contribution in [-0.2, 0) is 0 Å². The van der Waals surface area contributed by atoms with E-state index in [1.807, 2.05) is 24.8 Å². The third kappa shape index (κ3) is 3.77. The van der Waals surface area contributed by atoms with E-state index in [-0.39, 0.29) is 4.75 Å². The van der Waals surface area contributed by atoms with Gasteiger partial charge in [0.2, 0.25) is 5.95 Å². The average molecular weight is 254 g/mol. The van der Waals surface area contributed by atoms with Crippen LogP contribution in [0.1, 0.15) is 32.4 Å². The highest BCUT2D eigenvalue weighted by atomic mass is 32.2. The summed E-state index contributed by atoms with van der Waals surface area (Å²) >= 11 is 1.91. The summed E-state index contributed by atoms with van der Waals surface area (Å²) in [5, 5.41) is 3.37. The first-order valence-corrected chi connectivity index (χ1v) is 7.18. The molecular weight excluding hydrogens is 232 g/mol. The Kier molecular flexibility index (Phi) is 5.05. The van der Waals surface area contributed by atoms with E-state index in [1.54, 1.807) is 0 Å². The van der Waals surface area contributed by atoms with Crippen LogP contribution in [0.25, 0.3) is 0 Å². The molecule has 0 aliphatic heterocycles. The van der Waals surface area contributed by atoms with Crippen LogP contribution in [0, 0.1) is 6.92 Å². The van der Waals surface area contributed by atoms with Gasteiger partial charge in [0.25, 0.3) is 0 Å². The zero-order valence-corrected chi connectivity index (χ0v) is 11.9. The molecule has 0 aliphatic rings. The van der Waals surface area contributed by atoms with Gasteiger partial charge in [-0.1, -0.05) is 13.8 Å². The molecule has 1 aromatic heterocycles. The lowest BCUT2D eigenvalue weighted by Gasteiger charge is -2.30. The van der Waals surface area contributed by atoms with Gasteiger partial charge in [-0.05, 0) is 26.0 Å². The van der Waals surface area contributed by atoms with Crippen molar-refractivity contribution in [1.29, 1.82) is 0 Å². The van der Waals surface area contributed by atoms with Gasteiger partial charge >= 0.3 is 0 Å². The van der Waals surface area contributed by atoms with E-state index >= 15 is 0 Å². The Bertz CT molecular complexity index is 335. The lowest BCUT2D eigenvalue weighted by atomic mass is 10.0. The number of thioether (sulfide) groups is 1. The fourth-order valence-corrected chi connectivity index (χ4v) is 2.59. The first kappa shape index (κ1) is 14.1. The summed E-state index contributed by atoms with van der Waals surface area (Å²) in [5.41, 5.74) is 6.52. The predicted molar refractivity (Wildman–Crippen MR) is 76.5 cm³/mol. The minimum atomic E-state index is 0.271. The number of hydrogen-bond acceptors (Lipinski definition) is 5. The molecule has 1 heterocycles. The van der Waals surface area contributed by atoms with Crippen LogP contribution in [0.3, 0.4) is 0 Å². The van der Waals surface area contributed by atoms with Gasteiger partial charge in [0, 0.05) is 23.1 Å². The van der Waals surface area contributed by atoms with Crippen LogP contribution < -0.4 is 11.1 Å². The summed E-state index contributed by atoms with van der Waals surface area (Å²) in [6.45, 7) is 7.27. The largest absolute Gasteiger partial charge is 0.369 e. The van der Waals surface area contributed by atoms with Crippen molar-refractivity contribution in [3.05, 3.63) is 11.8 Å². The fraction of sp³-hybridized carbons (Fsp3) is 0.667. The number of nitrogens with one attached hydrogen (secondary N) is 1. The summed E-state index contributed by atoms with van der Waals surface area (Å²) < 4.78 is 0.271. The van der Waals surface area contributed by atoms with Crippen LogP contribution >= 0.6 is 11.8 Å². The number of nitrogens with zero attached hydrogens (tertiary/aromatic N) is 2. The van der Waals surface area contributed by atoms with E-state index in [9.17, 15) is 0 Å². The summed E-state index contributed by atoms with van der Waals surface area (Å²) in [7, 11) is 0. The van der Waals surface area contributed by atoms with E-state index in [0.29, 0.717) is 5.95 Å². The molecule has 96 valence electrons. The van der Waals surface area contributed by atoms with Crippen molar-refractivity contribution < 1.29 is 0 Å². The normalized spacial score (nSPS) is 11.5. The van der Waals surface area contributed by atoms with Gasteiger partial charge in [0.15, 0.2) is 0 Å². The summed E-state index contributed by atoms with van der Waals surface area (Å²) in [5.74, 6) is 1.14. The Labute approximate surface area is 108 Å². The third-order valence-electron chi connectivity index (χ3n) is 3.18. The smallest absolute Gasteiger partial charge is 0.222 e. The zero-order valence-electron chi connectivity index (χ0n) is 11.1. The fourth-order valence-electron chi connectivity index (χ4n) is 1.79. The van der Waals surface area contributed by atoms with E-state index in [0.717, 1.165) is 30.9 Å². The Hall–Kier alpha value is -0.970. The highest BCUT2D eigenvalue weighted by Crippen LogP contribution is 2.30. The number of rotatable bonds is 6. The maximum absolute atomic E-state index is 5.63. The SMILES string of the molecule is CCC(CC)(CNc1cc(C)nc(N)n1)SC. The Morgan fingerprint density at radius 1 is 1.35 bits per heavy atom. The van der Waals surface area contributed by atoms with Gasteiger partial charge in [-0.3, -0.25) is 0 Å². The second kappa shape index (κ2) is 6.10. The maximum Gasteiger partial charge on any atom is 0.222 e. The summed E-state index contributed by atoms with van der Waals surface area (Å²) in [6.07, 6.45) is 4.43. The van der Waals surface area contributed by atoms with Crippen LogP contribution in [0.15, 0.2) is 6.07 Å². The minimum Gasteiger partial charge on any atom is -0.369 e. The Balaban J connectivity index is 2.71. The topological polar surface area (TPSA) is 63.8 Å². The lowest BCUT2D eigenvalue weighted by Crippen LogP contribution is -2.32. The molecule has 0 unspecified atom stereocenters. The van der Waals surface area contributed by atoms with Gasteiger partial charge in [0.05, 0.1) is 0 Å². The summed E-state index contributed by atoms with van der Waals surface area (Å²) in [4.78, 5) is 8.25. The third-order valence-corrected chi connectivity index (χ3v) is 4.77. The molecule has 0 amide bonds. The van der Waals surface area contributed by atoms with Crippen molar-refractivity contribution in [2.45, 2.75) is 38.4 Å². The van der Waals surface area contributed by atoms with E-state index in [1.165, 1.54) is 0 Å². The number of anilines is 2. The molecule has 0 aromatic carbocycles. The maximum atomic E-state index is 5.63. The van der Waals surface area contributed by atoms with Gasteiger partial charge in [-0.15, -0.1) is 0 Å². The van der Waals surface area contributed by atoms with E-state index < -0.39 is 0 Å². The van der Waals surface area contributed by atoms with Crippen LogP contribution in [0.2, 0.25) is 0 Å². The molecule has 17 heavy (non-hydrogen) atoms. The van der Waals surface area contributed by atoms with E-state index in [2.05, 4.69) is 35.4 Å². The molecule has 0 bridgehead atoms. The minimum absolute atomic E-state index is 0.271. The van der Waals surface area contributed by atoms with Crippen molar-refractivity contribution >= 4 is 23.5 Å². The molecule has 3 N–H and O–H groups in total. The number of aromatic nitrogens is 2. The molecular formula is C12H22N4S. The van der Waals surface area contributed by atoms with Gasteiger partial charge < -0.3 is 11.1 Å². The molecule has 0 spiro atoms. The van der Waals surface area contributed by atoms with Crippen LogP contribution in [-0.4, -0.2) is 27.5 Å². The van der Waals surface area contributed by atoms with Crippen LogP contribution in [0.4, 0.5) is 11.8 Å². The average Bonchev–Trinajstić information content (AvgIpc) is 2.30. The first-order valence-electron chi connectivity index (χ1n) is 5.95. The molecule has 0 atom stereocenters. The first-order chi connectivity index (χ1) is 8.05. The molecule has 5 heteroatoms. The van der Waals surface area contributed by atoms with Crippen molar-refractivity contribution in [2.24, 2.45) is 0 Å². The van der Waals surface area contributed by atoms with Gasteiger partial charge in [0.1, 0.15) is 5.82 Å². The van der Waals surface area contributed by atoms with Crippen LogP contribution in [0.5, 0.6) is 0 Å². The predicted octanol–water partition coefficient (Wildman–Crippen LogP) is 2.70. The standard InChI is InChI=1S/C12H22N4S/c1-5-12(6-2,17-4)8-14-10-7-9(3)15-11(13)16-10/h7H,5-6,8H2,1-4H3,(H3,13,14,15,16). The molecule has 0 fully saturated rings. The van der Waals surface area contributed by atoms with Crippen molar-refractivity contribution in [2.75, 3.05) is 23.9 Å². The van der Waals surface area contributed by atoms with Gasteiger partial charge in [-0.25, -0.2) is 4.98 Å². The second-order valence-corrected chi connectivity index (χ2v) is 5.47. The van der Waals surface area contributed by atoms with Crippen molar-refractivity contribution in [3.63, 3.8) is 0 Å². The van der Waals surface area contributed by atoms with Crippen molar-refractivity contribution in [3.8, 4) is 0 Å². The highest BCUT2D eigenvalue weighted by molar-refractivity contribution is 8.00. The second-order valence-electron chi connectivity index (χ2n) is 4.20. The van der Waals surface area contributed by atoms with Gasteiger partial charge in [-0.2, -0.15) is 16.7 Å². The summed E-state index contributed by atoms with van der Waals surface area (Å²) in [6, 6.07) is 1.92. The number of aryl methyl sites for hydroxylation is 1. The molecule has 0 saturated heterocycles. The molecule has 0 saturated carbocycles. The lowest BCUT2D eigenvalue weighted by molar-refractivity contribution is 0.574. The number of nitrogens with two attached hydrogens (primary N) is 1. The monoisotopic (exact) mass is 254 g/mol. The Morgan fingerprint density at radius 3 is 2.47 bits per heavy atom. The molecule has 1 rings (SSSR count). The molecule has 4 nitrogen and oxygen atoms in total.